The topological polar surface area (TPSA) is 88.1 Å². The lowest BCUT2D eigenvalue weighted by molar-refractivity contribution is -0.133. The number of hydrogen-bond donors (Lipinski definition) is 1. The number of amides is 2. The number of ether oxygens (including phenoxy) is 1. The molecule has 0 radical (unpaired) electrons. The molecule has 2 heterocycles. The summed E-state index contributed by atoms with van der Waals surface area (Å²) in [6.07, 6.45) is 0. The van der Waals surface area contributed by atoms with Gasteiger partial charge in [-0.3, -0.25) is 15.0 Å². The molecule has 0 bridgehead atoms. The molecule has 21 heavy (non-hydrogen) atoms. The lowest BCUT2D eigenvalue weighted by Crippen LogP contribution is -2.36. The van der Waals surface area contributed by atoms with Crippen LogP contribution in [0.15, 0.2) is 29.4 Å². The fourth-order valence-corrected chi connectivity index (χ4v) is 2.65. The summed E-state index contributed by atoms with van der Waals surface area (Å²) < 4.78 is 4.57. The zero-order valence-electron chi connectivity index (χ0n) is 10.9. The number of fused-ring (bicyclic) bond motifs is 1. The van der Waals surface area contributed by atoms with Crippen molar-refractivity contribution >= 4 is 40.8 Å². The lowest BCUT2D eigenvalue weighted by atomic mass is 9.99. The van der Waals surface area contributed by atoms with Gasteiger partial charge in [0.2, 0.25) is 5.91 Å². The van der Waals surface area contributed by atoms with Gasteiger partial charge in [-0.25, -0.2) is 9.69 Å². The molecule has 1 aromatic carbocycles. The largest absolute Gasteiger partial charge is 0.464 e. The lowest BCUT2D eigenvalue weighted by Gasteiger charge is -2.16. The summed E-state index contributed by atoms with van der Waals surface area (Å²) in [5, 5.41) is 4.01. The molecule has 0 spiro atoms. The van der Waals surface area contributed by atoms with E-state index >= 15 is 0 Å². The fourth-order valence-electron chi connectivity index (χ4n) is 2.43. The highest BCUT2D eigenvalue weighted by Gasteiger charge is 2.55. The molecule has 0 aliphatic carbocycles. The summed E-state index contributed by atoms with van der Waals surface area (Å²) in [6.45, 7) is 0. The molecule has 1 N–H and O–H groups in total. The second kappa shape index (κ2) is 4.85. The molecule has 1 fully saturated rings. The number of hydrogen-bond acceptors (Lipinski definition) is 6. The third-order valence-electron chi connectivity index (χ3n) is 3.41. The van der Waals surface area contributed by atoms with Gasteiger partial charge in [0.25, 0.3) is 5.91 Å². The number of nitrogens with one attached hydrogen (secondary N) is 1. The molecule has 7 nitrogen and oxygen atoms in total. The van der Waals surface area contributed by atoms with Gasteiger partial charge in [0.15, 0.2) is 5.71 Å². The van der Waals surface area contributed by atoms with Gasteiger partial charge in [-0.15, -0.1) is 0 Å². The first-order valence-corrected chi connectivity index (χ1v) is 6.48. The maximum Gasteiger partial charge on any atom is 0.355 e. The van der Waals surface area contributed by atoms with Crippen molar-refractivity contribution < 1.29 is 19.1 Å². The first kappa shape index (κ1) is 13.6. The minimum Gasteiger partial charge on any atom is -0.464 e. The van der Waals surface area contributed by atoms with Crippen LogP contribution in [0.1, 0.15) is 0 Å². The molecule has 108 valence electrons. The van der Waals surface area contributed by atoms with Crippen molar-refractivity contribution in [2.24, 2.45) is 11.0 Å². The van der Waals surface area contributed by atoms with Gasteiger partial charge in [-0.05, 0) is 12.1 Å². The Morgan fingerprint density at radius 1 is 1.33 bits per heavy atom. The van der Waals surface area contributed by atoms with Crippen molar-refractivity contribution in [2.45, 2.75) is 6.04 Å². The number of esters is 1. The second-order valence-electron chi connectivity index (χ2n) is 4.54. The van der Waals surface area contributed by atoms with E-state index in [1.54, 1.807) is 24.3 Å². The van der Waals surface area contributed by atoms with Gasteiger partial charge >= 0.3 is 5.97 Å². The normalized spacial score (nSPS) is 23.7. The molecule has 8 heteroatoms. The highest BCUT2D eigenvalue weighted by molar-refractivity contribution is 6.47. The number of methoxy groups -OCH3 is 1. The predicted octanol–water partition coefficient (Wildman–Crippen LogP) is 0.330. The van der Waals surface area contributed by atoms with Crippen LogP contribution < -0.4 is 10.3 Å². The van der Waals surface area contributed by atoms with Crippen molar-refractivity contribution in [1.82, 2.24) is 5.43 Å². The minimum absolute atomic E-state index is 0.101. The quantitative estimate of drug-likeness (QED) is 0.628. The van der Waals surface area contributed by atoms with Crippen LogP contribution >= 0.6 is 11.6 Å². The summed E-state index contributed by atoms with van der Waals surface area (Å²) in [7, 11) is 1.19. The van der Waals surface area contributed by atoms with Crippen molar-refractivity contribution in [1.29, 1.82) is 0 Å². The highest BCUT2D eigenvalue weighted by atomic mass is 35.5. The summed E-state index contributed by atoms with van der Waals surface area (Å²) in [6, 6.07) is 5.60. The van der Waals surface area contributed by atoms with Crippen molar-refractivity contribution in [3.8, 4) is 0 Å². The molecule has 3 rings (SSSR count). The first-order valence-electron chi connectivity index (χ1n) is 6.10. The molecular formula is C13H10ClN3O4. The van der Waals surface area contributed by atoms with Gasteiger partial charge in [0, 0.05) is 0 Å². The Bertz CT molecular complexity index is 688. The number of halogens is 1. The fraction of sp³-hybridized carbons (Fsp3) is 0.231. The van der Waals surface area contributed by atoms with Crippen molar-refractivity contribution in [2.75, 3.05) is 12.0 Å². The van der Waals surface area contributed by atoms with Gasteiger partial charge < -0.3 is 4.74 Å². The van der Waals surface area contributed by atoms with Crippen LogP contribution in [0.4, 0.5) is 5.69 Å². The summed E-state index contributed by atoms with van der Waals surface area (Å²) in [5.74, 6) is -2.77. The van der Waals surface area contributed by atoms with Gasteiger partial charge in [-0.2, -0.15) is 5.10 Å². The molecule has 1 aromatic rings. The van der Waals surface area contributed by atoms with E-state index in [-0.39, 0.29) is 16.4 Å². The van der Waals surface area contributed by atoms with E-state index in [9.17, 15) is 14.4 Å². The molecule has 2 aliphatic rings. The van der Waals surface area contributed by atoms with Crippen LogP contribution in [0.3, 0.4) is 0 Å². The molecular weight excluding hydrogens is 298 g/mol. The summed E-state index contributed by atoms with van der Waals surface area (Å²) in [4.78, 5) is 37.5. The monoisotopic (exact) mass is 307 g/mol. The standard InChI is InChI=1S/C13H10ClN3O4/c1-21-13(20)10-8-9(15-16-10)12(19)17(11(8)18)7-5-3-2-4-6(7)14/h2-5,8-9,15H,1H3. The van der Waals surface area contributed by atoms with Gasteiger partial charge in [0.1, 0.15) is 12.0 Å². The van der Waals surface area contributed by atoms with E-state index in [4.69, 9.17) is 11.6 Å². The maximum atomic E-state index is 12.5. The second-order valence-corrected chi connectivity index (χ2v) is 4.94. The summed E-state index contributed by atoms with van der Waals surface area (Å²) in [5.41, 5.74) is 2.70. The van der Waals surface area contributed by atoms with E-state index in [2.05, 4.69) is 15.3 Å². The smallest absolute Gasteiger partial charge is 0.355 e. The number of nitrogens with zero attached hydrogens (tertiary/aromatic N) is 2. The zero-order chi connectivity index (χ0) is 15.1. The van der Waals surface area contributed by atoms with Crippen LogP contribution in [-0.2, 0) is 19.1 Å². The van der Waals surface area contributed by atoms with E-state index in [1.807, 2.05) is 0 Å². The van der Waals surface area contributed by atoms with Crippen molar-refractivity contribution in [3.05, 3.63) is 29.3 Å². The SMILES string of the molecule is COC(=O)C1=NNC2C(=O)N(c3ccccc3Cl)C(=O)C12. The number of carbonyl (C=O) groups excluding carboxylic acids is 3. The number of carbonyl (C=O) groups is 3. The minimum atomic E-state index is -0.985. The van der Waals surface area contributed by atoms with E-state index in [1.165, 1.54) is 7.11 Å². The van der Waals surface area contributed by atoms with E-state index < -0.39 is 29.7 Å². The Kier molecular flexibility index (Phi) is 3.13. The number of rotatable bonds is 2. The number of imide groups is 1. The molecule has 2 atom stereocenters. The van der Waals surface area contributed by atoms with Crippen LogP contribution in [0.5, 0.6) is 0 Å². The molecule has 2 amide bonds. The highest BCUT2D eigenvalue weighted by Crippen LogP contribution is 2.34. The van der Waals surface area contributed by atoms with Crippen LogP contribution in [0.2, 0.25) is 5.02 Å². The van der Waals surface area contributed by atoms with E-state index in [0.717, 1.165) is 4.90 Å². The Balaban J connectivity index is 2.00. The molecule has 2 unspecified atom stereocenters. The van der Waals surface area contributed by atoms with Gasteiger partial charge in [0.05, 0.1) is 17.8 Å². The molecule has 0 aromatic heterocycles. The molecule has 1 saturated heterocycles. The third-order valence-corrected chi connectivity index (χ3v) is 3.73. The Morgan fingerprint density at radius 2 is 2.05 bits per heavy atom. The zero-order valence-corrected chi connectivity index (χ0v) is 11.6. The van der Waals surface area contributed by atoms with Crippen LogP contribution in [-0.4, -0.2) is 36.6 Å². The number of para-hydroxylation sites is 1. The number of hydrazone groups is 1. The molecule has 2 aliphatic heterocycles. The van der Waals surface area contributed by atoms with Crippen LogP contribution in [0.25, 0.3) is 0 Å². The Morgan fingerprint density at radius 3 is 2.71 bits per heavy atom. The average Bonchev–Trinajstić information content (AvgIpc) is 3.01. The number of benzene rings is 1. The Hall–Kier alpha value is -2.41. The average molecular weight is 308 g/mol. The Labute approximate surface area is 124 Å². The summed E-state index contributed by atoms with van der Waals surface area (Å²) >= 11 is 6.03. The van der Waals surface area contributed by atoms with Crippen LogP contribution in [0, 0.1) is 5.92 Å². The third kappa shape index (κ3) is 1.89. The molecule has 0 saturated carbocycles. The van der Waals surface area contributed by atoms with Gasteiger partial charge in [-0.1, -0.05) is 23.7 Å². The maximum absolute atomic E-state index is 12.5. The number of anilines is 1. The first-order chi connectivity index (χ1) is 10.1. The predicted molar refractivity (Wildman–Crippen MR) is 73.8 cm³/mol. The van der Waals surface area contributed by atoms with E-state index in [0.29, 0.717) is 0 Å². The van der Waals surface area contributed by atoms with Crippen molar-refractivity contribution in [3.63, 3.8) is 0 Å².